The van der Waals surface area contributed by atoms with Crippen LogP contribution in [-0.4, -0.2) is 9.67 Å². The maximum Gasteiger partial charge on any atom is 0.220 e. The van der Waals surface area contributed by atoms with E-state index < -0.39 is 0 Å². The van der Waals surface area contributed by atoms with Gasteiger partial charge < -0.3 is 9.67 Å². The lowest BCUT2D eigenvalue weighted by Gasteiger charge is -2.00. The van der Waals surface area contributed by atoms with Crippen LogP contribution in [0.4, 0.5) is 11.4 Å². The molecule has 4 nitrogen and oxygen atoms in total. The van der Waals surface area contributed by atoms with Crippen molar-refractivity contribution in [3.05, 3.63) is 53.6 Å². The highest BCUT2D eigenvalue weighted by molar-refractivity contribution is 6.30. The van der Waals surface area contributed by atoms with E-state index in [1.165, 1.54) is 0 Å². The Labute approximate surface area is 127 Å². The lowest BCUT2D eigenvalue weighted by atomic mass is 10.2. The van der Waals surface area contributed by atoms with Gasteiger partial charge in [-0.2, -0.15) is 5.11 Å². The Balaban J connectivity index is 2.08. The molecule has 1 aromatic heterocycles. The molecule has 2 aromatic carbocycles. The van der Waals surface area contributed by atoms with Crippen molar-refractivity contribution in [1.82, 2.24) is 4.57 Å². The van der Waals surface area contributed by atoms with Crippen LogP contribution in [0.2, 0.25) is 5.02 Å². The van der Waals surface area contributed by atoms with Gasteiger partial charge >= 0.3 is 0 Å². The van der Waals surface area contributed by atoms with E-state index in [4.69, 9.17) is 11.6 Å². The summed E-state index contributed by atoms with van der Waals surface area (Å²) in [7, 11) is 0. The number of rotatable bonds is 3. The van der Waals surface area contributed by atoms with Gasteiger partial charge in [0, 0.05) is 17.0 Å². The third kappa shape index (κ3) is 2.50. The van der Waals surface area contributed by atoms with Gasteiger partial charge in [-0.1, -0.05) is 29.8 Å². The van der Waals surface area contributed by atoms with Crippen molar-refractivity contribution in [2.24, 2.45) is 10.2 Å². The fourth-order valence-electron chi connectivity index (χ4n) is 2.31. The summed E-state index contributed by atoms with van der Waals surface area (Å²) in [5, 5.41) is 20.2. The van der Waals surface area contributed by atoms with E-state index in [-0.39, 0.29) is 5.88 Å². The number of azo groups is 1. The molecule has 3 aromatic rings. The van der Waals surface area contributed by atoms with Gasteiger partial charge in [0.1, 0.15) is 0 Å². The summed E-state index contributed by atoms with van der Waals surface area (Å²) in [6, 6.07) is 14.8. The van der Waals surface area contributed by atoms with Crippen LogP contribution in [0.25, 0.3) is 10.9 Å². The summed E-state index contributed by atoms with van der Waals surface area (Å²) < 4.78 is 1.81. The predicted molar refractivity (Wildman–Crippen MR) is 84.9 cm³/mol. The molecule has 0 bridgehead atoms. The third-order valence-corrected chi connectivity index (χ3v) is 3.58. The predicted octanol–water partition coefficient (Wildman–Crippen LogP) is 5.44. The normalized spacial score (nSPS) is 11.5. The largest absolute Gasteiger partial charge is 0.493 e. The van der Waals surface area contributed by atoms with Gasteiger partial charge in [-0.3, -0.25) is 0 Å². The molecule has 0 amide bonds. The number of nitrogens with zero attached hydrogens (tertiary/aromatic N) is 3. The van der Waals surface area contributed by atoms with E-state index in [0.29, 0.717) is 22.9 Å². The van der Waals surface area contributed by atoms with E-state index in [9.17, 15) is 5.11 Å². The molecule has 0 radical (unpaired) electrons. The van der Waals surface area contributed by atoms with Crippen molar-refractivity contribution in [2.45, 2.75) is 13.5 Å². The highest BCUT2D eigenvalue weighted by Crippen LogP contribution is 2.39. The second-order valence-corrected chi connectivity index (χ2v) is 5.05. The maximum absolute atomic E-state index is 10.3. The molecule has 0 aliphatic heterocycles. The van der Waals surface area contributed by atoms with Crippen LogP contribution in [0.3, 0.4) is 0 Å². The van der Waals surface area contributed by atoms with Crippen LogP contribution < -0.4 is 0 Å². The Kier molecular flexibility index (Phi) is 3.62. The van der Waals surface area contributed by atoms with Crippen LogP contribution in [0, 0.1) is 0 Å². The monoisotopic (exact) mass is 299 g/mol. The third-order valence-electron chi connectivity index (χ3n) is 3.33. The molecule has 3 rings (SSSR count). The van der Waals surface area contributed by atoms with Crippen molar-refractivity contribution in [1.29, 1.82) is 0 Å². The zero-order valence-electron chi connectivity index (χ0n) is 11.5. The van der Waals surface area contributed by atoms with Gasteiger partial charge in [0.2, 0.25) is 5.88 Å². The SMILES string of the molecule is CCn1c(O)c(N=Nc2ccc(Cl)cc2)c2ccccc21. The van der Waals surface area contributed by atoms with Crippen LogP contribution in [0.1, 0.15) is 6.92 Å². The van der Waals surface area contributed by atoms with Gasteiger partial charge in [-0.15, -0.1) is 5.11 Å². The van der Waals surface area contributed by atoms with Gasteiger partial charge in [0.15, 0.2) is 5.69 Å². The molecule has 1 N–H and O–H groups in total. The Morgan fingerprint density at radius 2 is 1.76 bits per heavy atom. The number of halogens is 1. The number of aromatic hydroxyl groups is 1. The zero-order valence-corrected chi connectivity index (χ0v) is 12.2. The summed E-state index contributed by atoms with van der Waals surface area (Å²) in [5.41, 5.74) is 2.12. The van der Waals surface area contributed by atoms with Crippen molar-refractivity contribution in [2.75, 3.05) is 0 Å². The van der Waals surface area contributed by atoms with Crippen molar-refractivity contribution in [3.8, 4) is 5.88 Å². The van der Waals surface area contributed by atoms with Crippen LogP contribution in [-0.2, 0) is 6.54 Å². The molecule has 0 saturated carbocycles. The first kappa shape index (κ1) is 13.6. The first-order valence-corrected chi connectivity index (χ1v) is 7.06. The number of aromatic nitrogens is 1. The van der Waals surface area contributed by atoms with E-state index >= 15 is 0 Å². The Morgan fingerprint density at radius 3 is 2.48 bits per heavy atom. The molecular formula is C16H14ClN3O. The first-order chi connectivity index (χ1) is 10.2. The van der Waals surface area contributed by atoms with E-state index in [2.05, 4.69) is 10.2 Å². The van der Waals surface area contributed by atoms with Gasteiger partial charge in [-0.25, -0.2) is 0 Å². The van der Waals surface area contributed by atoms with Crippen molar-refractivity contribution >= 4 is 33.9 Å². The first-order valence-electron chi connectivity index (χ1n) is 6.68. The number of hydrogen-bond acceptors (Lipinski definition) is 3. The van der Waals surface area contributed by atoms with Crippen molar-refractivity contribution < 1.29 is 5.11 Å². The lowest BCUT2D eigenvalue weighted by molar-refractivity contribution is 0.427. The summed E-state index contributed by atoms with van der Waals surface area (Å²) in [6.45, 7) is 2.65. The van der Waals surface area contributed by atoms with Crippen LogP contribution >= 0.6 is 11.6 Å². The van der Waals surface area contributed by atoms with Crippen LogP contribution in [0.5, 0.6) is 5.88 Å². The molecule has 0 fully saturated rings. The Morgan fingerprint density at radius 1 is 1.05 bits per heavy atom. The molecule has 5 heteroatoms. The summed E-state index contributed by atoms with van der Waals surface area (Å²) in [6.07, 6.45) is 0. The minimum Gasteiger partial charge on any atom is -0.493 e. The number of benzene rings is 2. The average Bonchev–Trinajstić information content (AvgIpc) is 2.78. The van der Waals surface area contributed by atoms with E-state index in [1.807, 2.05) is 35.8 Å². The number of fused-ring (bicyclic) bond motifs is 1. The zero-order chi connectivity index (χ0) is 14.8. The smallest absolute Gasteiger partial charge is 0.220 e. The minimum atomic E-state index is 0.136. The molecule has 0 unspecified atom stereocenters. The number of para-hydroxylation sites is 1. The highest BCUT2D eigenvalue weighted by atomic mass is 35.5. The highest BCUT2D eigenvalue weighted by Gasteiger charge is 2.14. The Hall–Kier alpha value is -2.33. The van der Waals surface area contributed by atoms with E-state index in [1.54, 1.807) is 24.3 Å². The molecular weight excluding hydrogens is 286 g/mol. The molecule has 0 aliphatic carbocycles. The second kappa shape index (κ2) is 5.58. The molecule has 0 spiro atoms. The summed E-state index contributed by atoms with van der Waals surface area (Å²) in [5.74, 6) is 0.136. The number of hydrogen-bond donors (Lipinski definition) is 1. The van der Waals surface area contributed by atoms with Gasteiger partial charge in [-0.05, 0) is 37.3 Å². The fraction of sp³-hybridized carbons (Fsp3) is 0.125. The second-order valence-electron chi connectivity index (χ2n) is 4.61. The van der Waals surface area contributed by atoms with Crippen LogP contribution in [0.15, 0.2) is 58.8 Å². The average molecular weight is 300 g/mol. The molecule has 0 saturated heterocycles. The van der Waals surface area contributed by atoms with Gasteiger partial charge in [0.05, 0.1) is 11.2 Å². The summed E-state index contributed by atoms with van der Waals surface area (Å²) >= 11 is 5.84. The lowest BCUT2D eigenvalue weighted by Crippen LogP contribution is -1.91. The maximum atomic E-state index is 10.3. The molecule has 0 atom stereocenters. The quantitative estimate of drug-likeness (QED) is 0.644. The molecule has 1 heterocycles. The van der Waals surface area contributed by atoms with Gasteiger partial charge in [0.25, 0.3) is 0 Å². The molecule has 21 heavy (non-hydrogen) atoms. The summed E-state index contributed by atoms with van der Waals surface area (Å²) in [4.78, 5) is 0. The van der Waals surface area contributed by atoms with Crippen molar-refractivity contribution in [3.63, 3.8) is 0 Å². The van der Waals surface area contributed by atoms with E-state index in [0.717, 1.165) is 10.9 Å². The fourth-order valence-corrected chi connectivity index (χ4v) is 2.43. The minimum absolute atomic E-state index is 0.136. The Bertz CT molecular complexity index is 806. The standard InChI is InChI=1S/C16H14ClN3O/c1-2-20-14-6-4-3-5-13(14)15(16(20)21)19-18-12-9-7-11(17)8-10-12/h3-10,21H,2H2,1H3. The molecule has 0 aliphatic rings. The molecule has 106 valence electrons. The number of aryl methyl sites for hydroxylation is 1. The topological polar surface area (TPSA) is 49.9 Å².